The van der Waals surface area contributed by atoms with Crippen LogP contribution in [-0.2, 0) is 14.3 Å². The van der Waals surface area contributed by atoms with Crippen LogP contribution in [0.15, 0.2) is 0 Å². The molecule has 2 amide bonds. The van der Waals surface area contributed by atoms with E-state index in [1.807, 2.05) is 13.8 Å². The SMILES string of the molecule is CC(C)N1CC(NC(=O)C2(N)CCOCC2)CC1=O.Cl. The first-order valence-corrected chi connectivity index (χ1v) is 6.89. The number of nitrogens with zero attached hydrogens (tertiary/aromatic N) is 1. The summed E-state index contributed by atoms with van der Waals surface area (Å²) in [5.74, 6) is -0.0578. The molecule has 0 aliphatic carbocycles. The number of hydrogen-bond acceptors (Lipinski definition) is 4. The maximum atomic E-state index is 12.2. The van der Waals surface area contributed by atoms with E-state index in [4.69, 9.17) is 10.5 Å². The molecule has 2 aliphatic rings. The number of hydrogen-bond donors (Lipinski definition) is 2. The van der Waals surface area contributed by atoms with Crippen LogP contribution >= 0.6 is 12.4 Å². The van der Waals surface area contributed by atoms with Crippen molar-refractivity contribution in [2.24, 2.45) is 5.73 Å². The van der Waals surface area contributed by atoms with E-state index < -0.39 is 5.54 Å². The number of ether oxygens (including phenoxy) is 1. The van der Waals surface area contributed by atoms with E-state index in [0.717, 1.165) is 0 Å². The largest absolute Gasteiger partial charge is 0.381 e. The molecule has 2 fully saturated rings. The lowest BCUT2D eigenvalue weighted by molar-refractivity contribution is -0.130. The molecule has 2 heterocycles. The minimum Gasteiger partial charge on any atom is -0.381 e. The molecule has 2 rings (SSSR count). The summed E-state index contributed by atoms with van der Waals surface area (Å²) in [6, 6.07) is 0.0509. The van der Waals surface area contributed by atoms with Crippen molar-refractivity contribution in [1.82, 2.24) is 10.2 Å². The molecule has 1 atom stereocenters. The summed E-state index contributed by atoms with van der Waals surface area (Å²) in [6.07, 6.45) is 1.44. The molecule has 2 saturated heterocycles. The van der Waals surface area contributed by atoms with Crippen LogP contribution in [0.2, 0.25) is 0 Å². The number of amides is 2. The maximum absolute atomic E-state index is 12.2. The standard InChI is InChI=1S/C13H23N3O3.ClH/c1-9(2)16-8-10(7-11(16)17)15-12(18)13(14)3-5-19-6-4-13;/h9-10H,3-8,14H2,1-2H3,(H,15,18);1H. The van der Waals surface area contributed by atoms with E-state index in [9.17, 15) is 9.59 Å². The predicted octanol–water partition coefficient (Wildman–Crippen LogP) is 0.0416. The molecule has 0 aromatic heterocycles. The lowest BCUT2D eigenvalue weighted by atomic mass is 9.90. The Labute approximate surface area is 125 Å². The molecule has 0 radical (unpaired) electrons. The van der Waals surface area contributed by atoms with Gasteiger partial charge in [-0.2, -0.15) is 0 Å². The van der Waals surface area contributed by atoms with E-state index in [1.165, 1.54) is 0 Å². The zero-order chi connectivity index (χ0) is 14.0. The minimum atomic E-state index is -0.841. The fourth-order valence-corrected chi connectivity index (χ4v) is 2.62. The summed E-state index contributed by atoms with van der Waals surface area (Å²) in [4.78, 5) is 25.8. The van der Waals surface area contributed by atoms with Crippen LogP contribution in [-0.4, -0.2) is 54.1 Å². The van der Waals surface area contributed by atoms with Gasteiger partial charge in [-0.3, -0.25) is 9.59 Å². The van der Waals surface area contributed by atoms with Crippen molar-refractivity contribution in [1.29, 1.82) is 0 Å². The highest BCUT2D eigenvalue weighted by atomic mass is 35.5. The Bertz CT molecular complexity index is 370. The zero-order valence-electron chi connectivity index (χ0n) is 12.1. The van der Waals surface area contributed by atoms with Crippen LogP contribution in [0.25, 0.3) is 0 Å². The normalized spacial score (nSPS) is 25.5. The van der Waals surface area contributed by atoms with Crippen LogP contribution in [0.5, 0.6) is 0 Å². The molecule has 0 spiro atoms. The van der Waals surface area contributed by atoms with Crippen LogP contribution in [0.4, 0.5) is 0 Å². The molecular formula is C13H24ClN3O3. The predicted molar refractivity (Wildman–Crippen MR) is 77.6 cm³/mol. The van der Waals surface area contributed by atoms with Gasteiger partial charge in [0.25, 0.3) is 0 Å². The molecule has 7 heteroatoms. The first kappa shape index (κ1) is 17.2. The summed E-state index contributed by atoms with van der Waals surface area (Å²) in [7, 11) is 0. The second-order valence-corrected chi connectivity index (χ2v) is 5.78. The number of nitrogens with one attached hydrogen (secondary N) is 1. The monoisotopic (exact) mass is 305 g/mol. The Morgan fingerprint density at radius 3 is 2.55 bits per heavy atom. The van der Waals surface area contributed by atoms with Crippen molar-refractivity contribution in [3.05, 3.63) is 0 Å². The van der Waals surface area contributed by atoms with Crippen LogP contribution in [0.3, 0.4) is 0 Å². The third kappa shape index (κ3) is 3.62. The van der Waals surface area contributed by atoms with E-state index in [-0.39, 0.29) is 36.3 Å². The van der Waals surface area contributed by atoms with Crippen LogP contribution in [0, 0.1) is 0 Å². The van der Waals surface area contributed by atoms with Gasteiger partial charge in [0.05, 0.1) is 11.6 Å². The van der Waals surface area contributed by atoms with Crippen LogP contribution in [0.1, 0.15) is 33.1 Å². The van der Waals surface area contributed by atoms with Gasteiger partial charge in [0, 0.05) is 32.2 Å². The fraction of sp³-hybridized carbons (Fsp3) is 0.846. The fourth-order valence-electron chi connectivity index (χ4n) is 2.62. The highest BCUT2D eigenvalue weighted by Crippen LogP contribution is 2.20. The van der Waals surface area contributed by atoms with Gasteiger partial charge in [-0.05, 0) is 26.7 Å². The second-order valence-electron chi connectivity index (χ2n) is 5.78. The molecular weight excluding hydrogens is 282 g/mol. The molecule has 0 aromatic rings. The number of rotatable bonds is 3. The summed E-state index contributed by atoms with van der Waals surface area (Å²) in [5.41, 5.74) is 5.28. The molecule has 1 unspecified atom stereocenters. The maximum Gasteiger partial charge on any atom is 0.240 e. The third-order valence-corrected chi connectivity index (χ3v) is 3.95. The summed E-state index contributed by atoms with van der Waals surface area (Å²) in [6.45, 7) is 5.57. The Morgan fingerprint density at radius 1 is 1.45 bits per heavy atom. The molecule has 3 N–H and O–H groups in total. The first-order valence-electron chi connectivity index (χ1n) is 6.89. The van der Waals surface area contributed by atoms with Gasteiger partial charge in [0.1, 0.15) is 0 Å². The average molecular weight is 306 g/mol. The van der Waals surface area contributed by atoms with Gasteiger partial charge < -0.3 is 20.7 Å². The van der Waals surface area contributed by atoms with Crippen molar-refractivity contribution in [2.75, 3.05) is 19.8 Å². The number of halogens is 1. The third-order valence-electron chi connectivity index (χ3n) is 3.95. The Morgan fingerprint density at radius 2 is 2.05 bits per heavy atom. The Kier molecular flexibility index (Phi) is 5.79. The van der Waals surface area contributed by atoms with E-state index in [1.54, 1.807) is 4.90 Å². The van der Waals surface area contributed by atoms with Crippen molar-refractivity contribution in [3.8, 4) is 0 Å². The molecule has 6 nitrogen and oxygen atoms in total. The van der Waals surface area contributed by atoms with E-state index >= 15 is 0 Å². The second kappa shape index (κ2) is 6.74. The van der Waals surface area contributed by atoms with Gasteiger partial charge in [-0.1, -0.05) is 0 Å². The van der Waals surface area contributed by atoms with Gasteiger partial charge >= 0.3 is 0 Å². The lowest BCUT2D eigenvalue weighted by Gasteiger charge is -2.32. The highest BCUT2D eigenvalue weighted by molar-refractivity contribution is 5.88. The minimum absolute atomic E-state index is 0. The summed E-state index contributed by atoms with van der Waals surface area (Å²) in [5, 5.41) is 2.92. The molecule has 0 saturated carbocycles. The average Bonchev–Trinajstić information content (AvgIpc) is 2.71. The topological polar surface area (TPSA) is 84.7 Å². The zero-order valence-corrected chi connectivity index (χ0v) is 12.9. The Balaban J connectivity index is 0.00000200. The number of carbonyl (C=O) groups is 2. The molecule has 0 bridgehead atoms. The first-order chi connectivity index (χ1) is 8.92. The van der Waals surface area contributed by atoms with Gasteiger partial charge in [0.2, 0.25) is 11.8 Å². The van der Waals surface area contributed by atoms with Crippen molar-refractivity contribution >= 4 is 24.2 Å². The summed E-state index contributed by atoms with van der Waals surface area (Å²) < 4.78 is 5.23. The number of carbonyl (C=O) groups excluding carboxylic acids is 2. The Hall–Kier alpha value is -0.850. The highest BCUT2D eigenvalue weighted by Gasteiger charge is 2.39. The molecule has 2 aliphatic heterocycles. The van der Waals surface area contributed by atoms with Gasteiger partial charge in [-0.15, -0.1) is 12.4 Å². The van der Waals surface area contributed by atoms with Crippen LogP contribution < -0.4 is 11.1 Å². The van der Waals surface area contributed by atoms with Crippen molar-refractivity contribution < 1.29 is 14.3 Å². The van der Waals surface area contributed by atoms with Crippen molar-refractivity contribution in [3.63, 3.8) is 0 Å². The molecule has 116 valence electrons. The smallest absolute Gasteiger partial charge is 0.240 e. The quantitative estimate of drug-likeness (QED) is 0.771. The summed E-state index contributed by atoms with van der Waals surface area (Å²) >= 11 is 0. The number of likely N-dealkylation sites (tertiary alicyclic amines) is 1. The molecule has 20 heavy (non-hydrogen) atoms. The number of nitrogens with two attached hydrogens (primary N) is 1. The molecule has 0 aromatic carbocycles. The lowest BCUT2D eigenvalue weighted by Crippen LogP contribution is -2.59. The van der Waals surface area contributed by atoms with Crippen molar-refractivity contribution in [2.45, 2.75) is 50.7 Å². The van der Waals surface area contributed by atoms with E-state index in [0.29, 0.717) is 39.0 Å². The van der Waals surface area contributed by atoms with E-state index in [2.05, 4.69) is 5.32 Å². The van der Waals surface area contributed by atoms with Gasteiger partial charge in [-0.25, -0.2) is 0 Å². The van der Waals surface area contributed by atoms with Gasteiger partial charge in [0.15, 0.2) is 0 Å².